The van der Waals surface area contributed by atoms with E-state index >= 15 is 0 Å². The number of nitrogens with zero attached hydrogens (tertiary/aromatic N) is 2. The molecule has 12 heteroatoms. The highest BCUT2D eigenvalue weighted by Gasteiger charge is 2.80. The normalized spacial score (nSPS) is 52.9. The molecule has 0 aromatic carbocycles. The van der Waals surface area contributed by atoms with E-state index in [9.17, 15) is 34.5 Å². The lowest BCUT2D eigenvalue weighted by molar-refractivity contribution is -0.177. The highest BCUT2D eigenvalue weighted by molar-refractivity contribution is 8.78. The lowest BCUT2D eigenvalue weighted by atomic mass is 9.79. The maximum absolute atomic E-state index is 14.0. The number of Topliss-reactive ketones (excluding diaryl/α,β-unsaturated/α-hetero) is 2. The molecular formula is C19H22N2O8S2. The van der Waals surface area contributed by atoms with Gasteiger partial charge in [0.05, 0.1) is 24.3 Å². The summed E-state index contributed by atoms with van der Waals surface area (Å²) in [5.41, 5.74) is 0. The van der Waals surface area contributed by atoms with Gasteiger partial charge in [0, 0.05) is 44.6 Å². The Hall–Kier alpha value is -1.18. The van der Waals surface area contributed by atoms with Crippen molar-refractivity contribution in [3.8, 4) is 0 Å². The topological polar surface area (TPSA) is 145 Å². The van der Waals surface area contributed by atoms with Gasteiger partial charge >= 0.3 is 0 Å². The van der Waals surface area contributed by atoms with Crippen LogP contribution >= 0.6 is 21.6 Å². The second-order valence-corrected chi connectivity index (χ2v) is 12.0. The van der Waals surface area contributed by atoms with E-state index in [1.165, 1.54) is 38.5 Å². The average Bonchev–Trinajstić information content (AvgIpc) is 3.26. The molecule has 0 radical (unpaired) electrons. The fourth-order valence-electron chi connectivity index (χ4n) is 6.67. The van der Waals surface area contributed by atoms with E-state index in [4.69, 9.17) is 4.74 Å². The Morgan fingerprint density at radius 3 is 1.87 bits per heavy atom. The summed E-state index contributed by atoms with van der Waals surface area (Å²) in [6.45, 7) is 0. The van der Waals surface area contributed by atoms with Crippen LogP contribution in [0.15, 0.2) is 0 Å². The molecule has 5 aliphatic heterocycles. The van der Waals surface area contributed by atoms with Crippen molar-refractivity contribution in [2.75, 3.05) is 7.11 Å². The number of carbonyl (C=O) groups is 4. The minimum Gasteiger partial charge on any atom is -0.390 e. The fraction of sp³-hybridized carbons (Fsp3) is 0.789. The number of piperazine rings is 1. The molecular weight excluding hydrogens is 448 g/mol. The molecule has 7 aliphatic rings. The van der Waals surface area contributed by atoms with E-state index in [2.05, 4.69) is 0 Å². The smallest absolute Gasteiger partial charge is 0.261 e. The Bertz CT molecular complexity index is 933. The third kappa shape index (κ3) is 2.17. The van der Waals surface area contributed by atoms with E-state index in [1.54, 1.807) is 0 Å². The second-order valence-electron chi connectivity index (χ2n) is 9.35. The first-order chi connectivity index (χ1) is 14.7. The molecule has 10 unspecified atom stereocenters. The van der Waals surface area contributed by atoms with Crippen molar-refractivity contribution in [3.63, 3.8) is 0 Å². The van der Waals surface area contributed by atoms with Gasteiger partial charge < -0.3 is 29.9 Å². The van der Waals surface area contributed by atoms with Gasteiger partial charge in [-0.2, -0.15) is 0 Å². The van der Waals surface area contributed by atoms with Gasteiger partial charge in [-0.1, -0.05) is 21.6 Å². The van der Waals surface area contributed by atoms with Crippen LogP contribution in [-0.2, 0) is 23.9 Å². The summed E-state index contributed by atoms with van der Waals surface area (Å²) in [4.78, 5) is 53.4. The maximum atomic E-state index is 14.0. The lowest BCUT2D eigenvalue weighted by Gasteiger charge is -2.59. The van der Waals surface area contributed by atoms with Gasteiger partial charge in [-0.3, -0.25) is 19.2 Å². The van der Waals surface area contributed by atoms with Gasteiger partial charge in [0.1, 0.15) is 23.8 Å². The predicted octanol–water partition coefficient (Wildman–Crippen LogP) is -1.73. The zero-order valence-electron chi connectivity index (χ0n) is 16.5. The number of methoxy groups -OCH3 is 1. The number of fused-ring (bicyclic) bond motifs is 3. The van der Waals surface area contributed by atoms with Crippen LogP contribution in [0.2, 0.25) is 0 Å². The molecule has 2 bridgehead atoms. The third-order valence-electron chi connectivity index (χ3n) is 8.00. The summed E-state index contributed by atoms with van der Waals surface area (Å²) >= 11 is 0. The molecule has 10 nitrogen and oxygen atoms in total. The van der Waals surface area contributed by atoms with E-state index in [-0.39, 0.29) is 37.2 Å². The number of aliphatic hydroxyl groups excluding tert-OH is 3. The molecule has 5 heterocycles. The van der Waals surface area contributed by atoms with Crippen LogP contribution in [0, 0.1) is 11.8 Å². The van der Waals surface area contributed by atoms with Gasteiger partial charge in [0.2, 0.25) is 0 Å². The molecule has 3 N–H and O–H groups in total. The SMILES string of the molecule is COC1C(O)CC(=O)C2CC34SSC5(CC6C(=O)CC(O)C(O)C6N5C3=O)C(=O)N4C21. The number of rotatable bonds is 1. The largest absolute Gasteiger partial charge is 0.390 e. The minimum absolute atomic E-state index is 0.0562. The number of ketones is 2. The first-order valence-corrected chi connectivity index (χ1v) is 12.5. The van der Waals surface area contributed by atoms with Crippen molar-refractivity contribution in [2.45, 2.75) is 71.9 Å². The van der Waals surface area contributed by atoms with Gasteiger partial charge in [-0.15, -0.1) is 0 Å². The molecule has 0 aromatic rings. The number of amides is 2. The van der Waals surface area contributed by atoms with Gasteiger partial charge in [-0.25, -0.2) is 0 Å². The Morgan fingerprint density at radius 1 is 0.839 bits per heavy atom. The van der Waals surface area contributed by atoms with Crippen LogP contribution in [-0.4, -0.2) is 102 Å². The van der Waals surface area contributed by atoms with Crippen molar-refractivity contribution in [1.29, 1.82) is 0 Å². The van der Waals surface area contributed by atoms with Crippen LogP contribution in [0.1, 0.15) is 25.7 Å². The highest BCUT2D eigenvalue weighted by Crippen LogP contribution is 2.70. The van der Waals surface area contributed by atoms with E-state index < -0.39 is 69.9 Å². The van der Waals surface area contributed by atoms with Gasteiger partial charge in [0.25, 0.3) is 11.8 Å². The van der Waals surface area contributed by atoms with Crippen LogP contribution in [0.4, 0.5) is 0 Å². The molecule has 31 heavy (non-hydrogen) atoms. The first-order valence-electron chi connectivity index (χ1n) is 10.3. The molecule has 168 valence electrons. The lowest BCUT2D eigenvalue weighted by Crippen LogP contribution is -2.78. The van der Waals surface area contributed by atoms with Crippen molar-refractivity contribution < 1.29 is 39.2 Å². The van der Waals surface area contributed by atoms with Crippen molar-refractivity contribution >= 4 is 45.0 Å². The Morgan fingerprint density at radius 2 is 1.32 bits per heavy atom. The van der Waals surface area contributed by atoms with Crippen molar-refractivity contribution in [1.82, 2.24) is 9.80 Å². The molecule has 10 atom stereocenters. The summed E-state index contributed by atoms with van der Waals surface area (Å²) in [6, 6.07) is -1.73. The van der Waals surface area contributed by atoms with Crippen LogP contribution in [0.5, 0.6) is 0 Å². The maximum Gasteiger partial charge on any atom is 0.261 e. The van der Waals surface area contributed by atoms with Crippen molar-refractivity contribution in [2.24, 2.45) is 11.8 Å². The standard InChI is InChI=1S/C19H22N2O8S2/c1-29-15-11(25)3-9(23)7-5-19-16(27)20-12-6(8(22)2-10(24)14(12)26)4-18(20,30-31-19)17(28)21(19)13(7)15/h6-7,10-15,24-26H,2-5H2,1H3. The monoisotopic (exact) mass is 470 g/mol. The molecule has 2 saturated carbocycles. The number of carbonyl (C=O) groups excluding carboxylic acids is 4. The number of aliphatic hydroxyl groups is 3. The van der Waals surface area contributed by atoms with E-state index in [1.807, 2.05) is 0 Å². The summed E-state index contributed by atoms with van der Waals surface area (Å²) in [5.74, 6) is -2.66. The molecule has 2 aliphatic carbocycles. The van der Waals surface area contributed by atoms with Crippen molar-refractivity contribution in [3.05, 3.63) is 0 Å². The Kier molecular flexibility index (Phi) is 4.11. The average molecular weight is 471 g/mol. The zero-order chi connectivity index (χ0) is 22.0. The van der Waals surface area contributed by atoms with Crippen LogP contribution in [0.3, 0.4) is 0 Å². The summed E-state index contributed by atoms with van der Waals surface area (Å²) in [5, 5.41) is 31.3. The third-order valence-corrected chi connectivity index (χ3v) is 11.6. The van der Waals surface area contributed by atoms with E-state index in [0.29, 0.717) is 0 Å². The Balaban J connectivity index is 1.49. The summed E-state index contributed by atoms with van der Waals surface area (Å²) in [6.07, 6.45) is -4.64. The second kappa shape index (κ2) is 6.23. The Labute approximate surface area is 185 Å². The minimum atomic E-state index is -1.39. The van der Waals surface area contributed by atoms with Crippen LogP contribution in [0.25, 0.3) is 0 Å². The number of hydrogen-bond donors (Lipinski definition) is 3. The van der Waals surface area contributed by atoms with Gasteiger partial charge in [-0.05, 0) is 0 Å². The fourth-order valence-corrected chi connectivity index (χ4v) is 10.5. The molecule has 0 aromatic heterocycles. The number of hydrogen-bond acceptors (Lipinski definition) is 10. The summed E-state index contributed by atoms with van der Waals surface area (Å²) < 4.78 is 5.49. The quantitative estimate of drug-likeness (QED) is 0.378. The molecule has 7 fully saturated rings. The molecule has 5 saturated heterocycles. The first kappa shape index (κ1) is 20.4. The van der Waals surface area contributed by atoms with Crippen LogP contribution < -0.4 is 0 Å². The molecule has 2 amide bonds. The predicted molar refractivity (Wildman–Crippen MR) is 106 cm³/mol. The summed E-state index contributed by atoms with van der Waals surface area (Å²) in [7, 11) is 3.84. The van der Waals surface area contributed by atoms with E-state index in [0.717, 1.165) is 0 Å². The molecule has 7 rings (SSSR count). The molecule has 2 spiro atoms. The highest BCUT2D eigenvalue weighted by atomic mass is 33.1. The van der Waals surface area contributed by atoms with Gasteiger partial charge in [0.15, 0.2) is 9.74 Å². The zero-order valence-corrected chi connectivity index (χ0v) is 18.2. The number of ether oxygens (including phenoxy) is 1.